The minimum Gasteiger partial charge on any atom is -0.374 e. The van der Waals surface area contributed by atoms with Gasteiger partial charge in [-0.15, -0.1) is 0 Å². The lowest BCUT2D eigenvalue weighted by atomic mass is 10.1. The number of benzene rings is 2. The number of hydrogen-bond acceptors (Lipinski definition) is 2. The van der Waals surface area contributed by atoms with E-state index in [2.05, 4.69) is 48.5 Å². The Labute approximate surface area is 131 Å². The molecule has 2 nitrogen and oxygen atoms in total. The van der Waals surface area contributed by atoms with Crippen LogP contribution in [-0.2, 0) is 13.0 Å². The molecule has 0 aliphatic carbocycles. The first-order valence-corrected chi connectivity index (χ1v) is 7.83. The van der Waals surface area contributed by atoms with Crippen molar-refractivity contribution in [2.24, 2.45) is 0 Å². The van der Waals surface area contributed by atoms with E-state index in [1.165, 1.54) is 22.4 Å². The summed E-state index contributed by atoms with van der Waals surface area (Å²) in [6.07, 6.45) is 1.16. The van der Waals surface area contributed by atoms with Gasteiger partial charge in [0.25, 0.3) is 0 Å². The van der Waals surface area contributed by atoms with Crippen LogP contribution in [0, 0.1) is 0 Å². The highest BCUT2D eigenvalue weighted by molar-refractivity contribution is 6.30. The maximum Gasteiger partial charge on any atom is 0.0409 e. The zero-order chi connectivity index (χ0) is 14.8. The Morgan fingerprint density at radius 2 is 2.10 bits per heavy atom. The van der Waals surface area contributed by atoms with Gasteiger partial charge >= 0.3 is 0 Å². The van der Waals surface area contributed by atoms with Gasteiger partial charge in [0.05, 0.1) is 0 Å². The zero-order valence-electron chi connectivity index (χ0n) is 12.6. The molecule has 0 amide bonds. The van der Waals surface area contributed by atoms with Crippen molar-refractivity contribution >= 4 is 17.3 Å². The van der Waals surface area contributed by atoms with Gasteiger partial charge in [0.2, 0.25) is 0 Å². The summed E-state index contributed by atoms with van der Waals surface area (Å²) in [5.41, 5.74) is 5.41. The SMILES string of the molecule is C[C@H](NCc1ccc2c(c1)CCN2C)c1cccc(Cl)c1. The maximum absolute atomic E-state index is 6.05. The summed E-state index contributed by atoms with van der Waals surface area (Å²) < 4.78 is 0. The summed E-state index contributed by atoms with van der Waals surface area (Å²) in [5.74, 6) is 0. The van der Waals surface area contributed by atoms with Gasteiger partial charge in [-0.05, 0) is 48.2 Å². The Hall–Kier alpha value is -1.51. The van der Waals surface area contributed by atoms with Crippen LogP contribution >= 0.6 is 11.6 Å². The van der Waals surface area contributed by atoms with Gasteiger partial charge in [-0.2, -0.15) is 0 Å². The first-order chi connectivity index (χ1) is 10.1. The first kappa shape index (κ1) is 14.4. The summed E-state index contributed by atoms with van der Waals surface area (Å²) in [6, 6.07) is 15.1. The largest absolute Gasteiger partial charge is 0.374 e. The molecule has 1 aliphatic rings. The summed E-state index contributed by atoms with van der Waals surface area (Å²) in [6.45, 7) is 4.18. The molecule has 110 valence electrons. The van der Waals surface area contributed by atoms with Crippen molar-refractivity contribution in [3.05, 3.63) is 64.2 Å². The van der Waals surface area contributed by atoms with Crippen molar-refractivity contribution in [3.63, 3.8) is 0 Å². The van der Waals surface area contributed by atoms with E-state index < -0.39 is 0 Å². The zero-order valence-corrected chi connectivity index (χ0v) is 13.3. The van der Waals surface area contributed by atoms with Crippen LogP contribution in [0.25, 0.3) is 0 Å². The molecule has 2 aromatic carbocycles. The lowest BCUT2D eigenvalue weighted by Gasteiger charge is -2.16. The van der Waals surface area contributed by atoms with Gasteiger partial charge in [0.15, 0.2) is 0 Å². The molecule has 1 aliphatic heterocycles. The van der Waals surface area contributed by atoms with Crippen molar-refractivity contribution in [1.29, 1.82) is 0 Å². The highest BCUT2D eigenvalue weighted by Crippen LogP contribution is 2.27. The standard InChI is InChI=1S/C18H21ClN2/c1-13(15-4-3-5-17(19)11-15)20-12-14-6-7-18-16(10-14)8-9-21(18)2/h3-7,10-11,13,20H,8-9,12H2,1-2H3/t13-/m0/s1. The van der Waals surface area contributed by atoms with E-state index in [1.807, 2.05) is 18.2 Å². The minimum absolute atomic E-state index is 0.291. The van der Waals surface area contributed by atoms with Crippen molar-refractivity contribution in [2.75, 3.05) is 18.5 Å². The molecule has 0 aromatic heterocycles. The third kappa shape index (κ3) is 3.22. The van der Waals surface area contributed by atoms with Gasteiger partial charge < -0.3 is 10.2 Å². The van der Waals surface area contributed by atoms with Crippen LogP contribution in [0.15, 0.2) is 42.5 Å². The predicted molar refractivity (Wildman–Crippen MR) is 90.1 cm³/mol. The molecule has 0 unspecified atom stereocenters. The van der Waals surface area contributed by atoms with E-state index in [4.69, 9.17) is 11.6 Å². The van der Waals surface area contributed by atoms with Gasteiger partial charge in [-0.3, -0.25) is 0 Å². The topological polar surface area (TPSA) is 15.3 Å². The second-order valence-electron chi connectivity index (χ2n) is 5.79. The average molecular weight is 301 g/mol. The molecule has 0 fully saturated rings. The lowest BCUT2D eigenvalue weighted by molar-refractivity contribution is 0.574. The summed E-state index contributed by atoms with van der Waals surface area (Å²) in [7, 11) is 2.16. The van der Waals surface area contributed by atoms with E-state index >= 15 is 0 Å². The number of nitrogens with zero attached hydrogens (tertiary/aromatic N) is 1. The van der Waals surface area contributed by atoms with Crippen molar-refractivity contribution in [3.8, 4) is 0 Å². The molecule has 0 saturated carbocycles. The Morgan fingerprint density at radius 1 is 1.24 bits per heavy atom. The van der Waals surface area contributed by atoms with Crippen LogP contribution < -0.4 is 10.2 Å². The van der Waals surface area contributed by atoms with Gasteiger partial charge in [-0.1, -0.05) is 35.9 Å². The lowest BCUT2D eigenvalue weighted by Crippen LogP contribution is -2.18. The van der Waals surface area contributed by atoms with Crippen molar-refractivity contribution < 1.29 is 0 Å². The minimum atomic E-state index is 0.291. The molecule has 3 rings (SSSR count). The number of fused-ring (bicyclic) bond motifs is 1. The fourth-order valence-electron chi connectivity index (χ4n) is 2.89. The second kappa shape index (κ2) is 6.08. The maximum atomic E-state index is 6.05. The third-order valence-electron chi connectivity index (χ3n) is 4.23. The second-order valence-corrected chi connectivity index (χ2v) is 6.23. The predicted octanol–water partition coefficient (Wildman–Crippen LogP) is 4.18. The monoisotopic (exact) mass is 300 g/mol. The van der Waals surface area contributed by atoms with Gasteiger partial charge in [0, 0.05) is 36.9 Å². The fraction of sp³-hybridized carbons (Fsp3) is 0.333. The molecule has 0 bridgehead atoms. The van der Waals surface area contributed by atoms with Crippen LogP contribution in [-0.4, -0.2) is 13.6 Å². The van der Waals surface area contributed by atoms with Gasteiger partial charge in [-0.25, -0.2) is 0 Å². The average Bonchev–Trinajstić information content (AvgIpc) is 2.86. The summed E-state index contributed by atoms with van der Waals surface area (Å²) in [4.78, 5) is 2.32. The summed E-state index contributed by atoms with van der Waals surface area (Å²) in [5, 5.41) is 4.37. The van der Waals surface area contributed by atoms with E-state index in [-0.39, 0.29) is 0 Å². The highest BCUT2D eigenvalue weighted by Gasteiger charge is 2.15. The highest BCUT2D eigenvalue weighted by atomic mass is 35.5. The number of nitrogens with one attached hydrogen (secondary N) is 1. The normalized spacial score (nSPS) is 15.1. The van der Waals surface area contributed by atoms with Gasteiger partial charge in [0.1, 0.15) is 0 Å². The smallest absolute Gasteiger partial charge is 0.0409 e. The van der Waals surface area contributed by atoms with E-state index in [0.29, 0.717) is 6.04 Å². The molecule has 1 N–H and O–H groups in total. The van der Waals surface area contributed by atoms with E-state index in [9.17, 15) is 0 Å². The molecular weight excluding hydrogens is 280 g/mol. The Kier molecular flexibility index (Phi) is 4.18. The third-order valence-corrected chi connectivity index (χ3v) is 4.47. The van der Waals surface area contributed by atoms with Crippen LogP contribution in [0.5, 0.6) is 0 Å². The molecular formula is C18H21ClN2. The van der Waals surface area contributed by atoms with Crippen LogP contribution in [0.4, 0.5) is 5.69 Å². The molecule has 3 heteroatoms. The number of hydrogen-bond donors (Lipinski definition) is 1. The molecule has 2 aromatic rings. The quantitative estimate of drug-likeness (QED) is 0.911. The molecule has 21 heavy (non-hydrogen) atoms. The molecule has 1 heterocycles. The van der Waals surface area contributed by atoms with E-state index in [1.54, 1.807) is 0 Å². The number of halogens is 1. The first-order valence-electron chi connectivity index (χ1n) is 7.45. The van der Waals surface area contributed by atoms with Crippen LogP contribution in [0.1, 0.15) is 29.7 Å². The van der Waals surface area contributed by atoms with Crippen LogP contribution in [0.3, 0.4) is 0 Å². The number of anilines is 1. The Morgan fingerprint density at radius 3 is 2.90 bits per heavy atom. The number of rotatable bonds is 4. The summed E-state index contributed by atoms with van der Waals surface area (Å²) >= 11 is 6.05. The number of likely N-dealkylation sites (N-methyl/N-ethyl adjacent to an activating group) is 1. The molecule has 0 spiro atoms. The molecule has 1 atom stereocenters. The van der Waals surface area contributed by atoms with Crippen molar-refractivity contribution in [2.45, 2.75) is 25.9 Å². The molecule has 0 radical (unpaired) electrons. The van der Waals surface area contributed by atoms with E-state index in [0.717, 1.165) is 24.5 Å². The molecule has 0 saturated heterocycles. The van der Waals surface area contributed by atoms with Crippen molar-refractivity contribution in [1.82, 2.24) is 5.32 Å². The fourth-order valence-corrected chi connectivity index (χ4v) is 3.09. The Balaban J connectivity index is 1.65. The van der Waals surface area contributed by atoms with Crippen LogP contribution in [0.2, 0.25) is 5.02 Å². The Bertz CT molecular complexity index is 639.